The maximum atomic E-state index is 13.7. The number of halogens is 3. The van der Waals surface area contributed by atoms with Gasteiger partial charge in [0, 0.05) is 29.9 Å². The average molecular weight is 434 g/mol. The van der Waals surface area contributed by atoms with Gasteiger partial charge >= 0.3 is 12.3 Å². The minimum Gasteiger partial charge on any atom is -0.453 e. The number of hydrogen-bond acceptors (Lipinski definition) is 6. The van der Waals surface area contributed by atoms with E-state index in [0.717, 1.165) is 25.7 Å². The number of anilines is 2. The van der Waals surface area contributed by atoms with Crippen molar-refractivity contribution < 1.29 is 22.7 Å². The van der Waals surface area contributed by atoms with Crippen LogP contribution in [0.1, 0.15) is 12.0 Å². The van der Waals surface area contributed by atoms with Gasteiger partial charge in [-0.3, -0.25) is 5.32 Å². The second-order valence-corrected chi connectivity index (χ2v) is 7.24. The summed E-state index contributed by atoms with van der Waals surface area (Å²) in [7, 11) is 1.22. The van der Waals surface area contributed by atoms with Gasteiger partial charge in [-0.1, -0.05) is 12.1 Å². The Hall–Kier alpha value is -3.34. The van der Waals surface area contributed by atoms with Gasteiger partial charge in [0.05, 0.1) is 24.0 Å². The Kier molecular flexibility index (Phi) is 5.68. The Morgan fingerprint density at radius 2 is 2.19 bits per heavy atom. The third kappa shape index (κ3) is 4.41. The van der Waals surface area contributed by atoms with Gasteiger partial charge in [-0.2, -0.15) is 13.2 Å². The molecule has 0 aliphatic carbocycles. The SMILES string of the molecule is COC(=O)Nc1cccc2c(-c3nc(NCC4CCNC4)ncc3C(F)(F)F)c[nH]c12. The van der Waals surface area contributed by atoms with Crippen LogP contribution in [0.3, 0.4) is 0 Å². The molecule has 1 atom stereocenters. The van der Waals surface area contributed by atoms with Gasteiger partial charge in [0.2, 0.25) is 5.95 Å². The summed E-state index contributed by atoms with van der Waals surface area (Å²) in [6, 6.07) is 4.90. The maximum absolute atomic E-state index is 13.7. The number of hydrogen-bond donors (Lipinski definition) is 4. The molecule has 3 aromatic rings. The number of nitrogens with zero attached hydrogens (tertiary/aromatic N) is 2. The predicted octanol–water partition coefficient (Wildman–Crippen LogP) is 3.84. The Morgan fingerprint density at radius 3 is 2.90 bits per heavy atom. The van der Waals surface area contributed by atoms with E-state index in [1.807, 2.05) is 0 Å². The van der Waals surface area contributed by atoms with E-state index in [0.29, 0.717) is 29.1 Å². The lowest BCUT2D eigenvalue weighted by Gasteiger charge is -2.14. The van der Waals surface area contributed by atoms with Crippen LogP contribution in [0.4, 0.5) is 29.6 Å². The van der Waals surface area contributed by atoms with Gasteiger partial charge < -0.3 is 20.4 Å². The number of alkyl halides is 3. The summed E-state index contributed by atoms with van der Waals surface area (Å²) in [4.78, 5) is 22.6. The van der Waals surface area contributed by atoms with E-state index in [4.69, 9.17) is 0 Å². The highest BCUT2D eigenvalue weighted by molar-refractivity contribution is 6.04. The molecule has 8 nitrogen and oxygen atoms in total. The molecule has 2 aromatic heterocycles. The number of nitrogens with one attached hydrogen (secondary N) is 4. The van der Waals surface area contributed by atoms with E-state index in [1.165, 1.54) is 13.3 Å². The summed E-state index contributed by atoms with van der Waals surface area (Å²) in [6.07, 6.45) is -2.09. The molecule has 0 saturated carbocycles. The van der Waals surface area contributed by atoms with Crippen LogP contribution in [0.5, 0.6) is 0 Å². The lowest BCUT2D eigenvalue weighted by atomic mass is 10.1. The summed E-state index contributed by atoms with van der Waals surface area (Å²) in [5, 5.41) is 9.31. The highest BCUT2D eigenvalue weighted by Crippen LogP contribution is 2.39. The van der Waals surface area contributed by atoms with Crippen molar-refractivity contribution in [1.82, 2.24) is 20.3 Å². The summed E-state index contributed by atoms with van der Waals surface area (Å²) in [5.74, 6) is 0.502. The zero-order valence-corrected chi connectivity index (χ0v) is 16.6. The fraction of sp³-hybridized carbons (Fsp3) is 0.350. The molecule has 4 rings (SSSR count). The molecule has 1 aliphatic rings. The van der Waals surface area contributed by atoms with Crippen LogP contribution in [0.15, 0.2) is 30.6 Å². The molecular formula is C20H21F3N6O2. The molecule has 0 bridgehead atoms. The molecular weight excluding hydrogens is 413 g/mol. The smallest absolute Gasteiger partial charge is 0.419 e. The summed E-state index contributed by atoms with van der Waals surface area (Å²) in [5.41, 5.74) is -0.0841. The molecule has 11 heteroatoms. The zero-order chi connectivity index (χ0) is 22.0. The second kappa shape index (κ2) is 8.42. The number of rotatable bonds is 5. The number of fused-ring (bicyclic) bond motifs is 1. The van der Waals surface area contributed by atoms with Crippen LogP contribution in [-0.2, 0) is 10.9 Å². The number of aromatic amines is 1. The normalized spacial score (nSPS) is 16.5. The number of H-pyrrole nitrogens is 1. The minimum absolute atomic E-state index is 0.132. The van der Waals surface area contributed by atoms with Crippen molar-refractivity contribution >= 4 is 28.6 Å². The number of benzene rings is 1. The first-order valence-corrected chi connectivity index (χ1v) is 9.71. The lowest BCUT2D eigenvalue weighted by molar-refractivity contribution is -0.137. The van der Waals surface area contributed by atoms with E-state index < -0.39 is 17.8 Å². The van der Waals surface area contributed by atoms with Crippen LogP contribution < -0.4 is 16.0 Å². The van der Waals surface area contributed by atoms with Gasteiger partial charge in [0.25, 0.3) is 0 Å². The summed E-state index contributed by atoms with van der Waals surface area (Å²) in [6.45, 7) is 2.33. The Balaban J connectivity index is 1.74. The van der Waals surface area contributed by atoms with Crippen molar-refractivity contribution in [2.45, 2.75) is 12.6 Å². The zero-order valence-electron chi connectivity index (χ0n) is 16.6. The number of carbonyl (C=O) groups excluding carboxylic acids is 1. The molecule has 164 valence electrons. The second-order valence-electron chi connectivity index (χ2n) is 7.24. The van der Waals surface area contributed by atoms with Gasteiger partial charge in [0.1, 0.15) is 5.56 Å². The molecule has 4 N–H and O–H groups in total. The molecule has 3 heterocycles. The minimum atomic E-state index is -4.63. The lowest BCUT2D eigenvalue weighted by Crippen LogP contribution is -2.19. The number of amides is 1. The standard InChI is InChI=1S/C20H21F3N6O2/c1-31-19(30)28-15-4-2-3-12-13(9-25-17(12)15)16-14(20(21,22)23)10-27-18(29-16)26-8-11-5-6-24-7-11/h2-4,9-11,24-25H,5-8H2,1H3,(H,28,30)(H,26,27,29). The highest BCUT2D eigenvalue weighted by Gasteiger charge is 2.36. The van der Waals surface area contributed by atoms with Crippen LogP contribution >= 0.6 is 0 Å². The van der Waals surface area contributed by atoms with Gasteiger partial charge in [-0.25, -0.2) is 14.8 Å². The van der Waals surface area contributed by atoms with Crippen molar-refractivity contribution in [3.8, 4) is 11.3 Å². The maximum Gasteiger partial charge on any atom is 0.419 e. The largest absolute Gasteiger partial charge is 0.453 e. The van der Waals surface area contributed by atoms with Crippen molar-refractivity contribution in [3.05, 3.63) is 36.2 Å². The third-order valence-corrected chi connectivity index (χ3v) is 5.20. The monoisotopic (exact) mass is 434 g/mol. The van der Waals surface area contributed by atoms with E-state index in [9.17, 15) is 18.0 Å². The molecule has 1 amide bonds. The van der Waals surface area contributed by atoms with Crippen molar-refractivity contribution in [3.63, 3.8) is 0 Å². The Morgan fingerprint density at radius 1 is 1.35 bits per heavy atom. The molecule has 31 heavy (non-hydrogen) atoms. The van der Waals surface area contributed by atoms with E-state index >= 15 is 0 Å². The molecule has 1 aliphatic heterocycles. The van der Waals surface area contributed by atoms with Crippen molar-refractivity contribution in [2.75, 3.05) is 37.4 Å². The van der Waals surface area contributed by atoms with Crippen LogP contribution in [0.25, 0.3) is 22.2 Å². The number of ether oxygens (including phenoxy) is 1. The van der Waals surface area contributed by atoms with E-state index in [1.54, 1.807) is 18.2 Å². The fourth-order valence-electron chi connectivity index (χ4n) is 3.62. The Labute approximate surface area is 175 Å². The van der Waals surface area contributed by atoms with E-state index in [-0.39, 0.29) is 17.2 Å². The fourth-order valence-corrected chi connectivity index (χ4v) is 3.62. The summed E-state index contributed by atoms with van der Waals surface area (Å²) >= 11 is 0. The van der Waals surface area contributed by atoms with Crippen molar-refractivity contribution in [2.24, 2.45) is 5.92 Å². The summed E-state index contributed by atoms with van der Waals surface area (Å²) < 4.78 is 45.7. The van der Waals surface area contributed by atoms with Crippen LogP contribution in [-0.4, -0.2) is 47.8 Å². The van der Waals surface area contributed by atoms with Gasteiger partial charge in [-0.15, -0.1) is 0 Å². The first-order chi connectivity index (χ1) is 14.9. The molecule has 0 radical (unpaired) electrons. The molecule has 1 saturated heterocycles. The number of carbonyl (C=O) groups is 1. The first kappa shape index (κ1) is 20.9. The van der Waals surface area contributed by atoms with Gasteiger partial charge in [-0.05, 0) is 31.5 Å². The topological polar surface area (TPSA) is 104 Å². The molecule has 0 spiro atoms. The van der Waals surface area contributed by atoms with Crippen LogP contribution in [0.2, 0.25) is 0 Å². The van der Waals surface area contributed by atoms with Crippen LogP contribution in [0, 0.1) is 5.92 Å². The Bertz CT molecular complexity index is 1090. The van der Waals surface area contributed by atoms with E-state index in [2.05, 4.69) is 35.6 Å². The molecule has 1 fully saturated rings. The average Bonchev–Trinajstić information content (AvgIpc) is 3.41. The van der Waals surface area contributed by atoms with Gasteiger partial charge in [0.15, 0.2) is 0 Å². The number of methoxy groups -OCH3 is 1. The first-order valence-electron chi connectivity index (χ1n) is 9.71. The van der Waals surface area contributed by atoms with Crippen molar-refractivity contribution in [1.29, 1.82) is 0 Å². The quantitative estimate of drug-likeness (QED) is 0.487. The highest BCUT2D eigenvalue weighted by atomic mass is 19.4. The predicted molar refractivity (Wildman–Crippen MR) is 110 cm³/mol. The number of para-hydroxylation sites is 1. The molecule has 1 aromatic carbocycles. The third-order valence-electron chi connectivity index (χ3n) is 5.20. The molecule has 1 unspecified atom stereocenters. The number of aromatic nitrogens is 3.